The first kappa shape index (κ1) is 21.0. The van der Waals surface area contributed by atoms with Gasteiger partial charge in [0.05, 0.1) is 23.1 Å². The van der Waals surface area contributed by atoms with Crippen molar-refractivity contribution >= 4 is 29.3 Å². The Morgan fingerprint density at radius 1 is 0.912 bits per heavy atom. The van der Waals surface area contributed by atoms with Gasteiger partial charge >= 0.3 is 5.97 Å². The number of amides is 2. The van der Waals surface area contributed by atoms with Crippen LogP contribution < -0.4 is 4.90 Å². The van der Waals surface area contributed by atoms with Crippen LogP contribution in [-0.2, 0) is 14.3 Å². The van der Waals surface area contributed by atoms with Gasteiger partial charge in [-0.3, -0.25) is 19.3 Å². The average molecular weight is 456 g/mol. The van der Waals surface area contributed by atoms with Crippen molar-refractivity contribution in [1.29, 1.82) is 0 Å². The summed E-state index contributed by atoms with van der Waals surface area (Å²) in [6.45, 7) is 3.39. The number of hydrogen-bond donors (Lipinski definition) is 0. The molecule has 2 amide bonds. The minimum atomic E-state index is -0.625. The van der Waals surface area contributed by atoms with E-state index in [1.807, 2.05) is 26.0 Å². The van der Waals surface area contributed by atoms with E-state index in [1.165, 1.54) is 17.0 Å². The molecule has 1 aliphatic heterocycles. The van der Waals surface area contributed by atoms with Crippen molar-refractivity contribution in [2.24, 2.45) is 35.5 Å². The maximum Gasteiger partial charge on any atom is 0.338 e. The van der Waals surface area contributed by atoms with Crippen LogP contribution in [0.15, 0.2) is 54.6 Å². The summed E-state index contributed by atoms with van der Waals surface area (Å²) < 4.78 is 5.23. The molecule has 6 nitrogen and oxygen atoms in total. The van der Waals surface area contributed by atoms with Gasteiger partial charge in [-0.25, -0.2) is 4.79 Å². The van der Waals surface area contributed by atoms with E-state index in [0.29, 0.717) is 23.1 Å². The van der Waals surface area contributed by atoms with E-state index in [1.54, 1.807) is 18.2 Å². The monoisotopic (exact) mass is 455 g/mol. The lowest BCUT2D eigenvalue weighted by Crippen LogP contribution is -2.40. The second kappa shape index (κ2) is 7.49. The number of anilines is 1. The van der Waals surface area contributed by atoms with E-state index in [4.69, 9.17) is 4.74 Å². The lowest BCUT2D eigenvalue weighted by Gasteiger charge is -2.37. The number of imide groups is 1. The Morgan fingerprint density at radius 2 is 1.53 bits per heavy atom. The number of esters is 1. The Labute approximate surface area is 197 Å². The van der Waals surface area contributed by atoms with Crippen LogP contribution in [0, 0.1) is 49.4 Å². The third-order valence-corrected chi connectivity index (χ3v) is 8.05. The molecule has 1 saturated heterocycles. The molecule has 4 aliphatic carbocycles. The Bertz CT molecular complexity index is 1240. The summed E-state index contributed by atoms with van der Waals surface area (Å²) >= 11 is 0. The van der Waals surface area contributed by atoms with Crippen molar-refractivity contribution < 1.29 is 23.9 Å². The fraction of sp³-hybridized carbons (Fsp3) is 0.357. The first-order valence-corrected chi connectivity index (χ1v) is 11.8. The van der Waals surface area contributed by atoms with Crippen molar-refractivity contribution in [3.8, 4) is 0 Å². The topological polar surface area (TPSA) is 80.8 Å². The SMILES string of the molecule is Cc1ccc(C)c(C(=O)COC(=O)c2ccc(N3C(=O)[C@H]4[C@@H]5C=C[C@H]([C@H]6C[C@H]56)[C@@H]4C3=O)cc2)c1. The third kappa shape index (κ3) is 3.08. The van der Waals surface area contributed by atoms with Crippen LogP contribution in [0.3, 0.4) is 0 Å². The minimum absolute atomic E-state index is 0.130. The fourth-order valence-electron chi connectivity index (χ4n) is 6.29. The molecule has 172 valence electrons. The zero-order valence-electron chi connectivity index (χ0n) is 19.1. The summed E-state index contributed by atoms with van der Waals surface area (Å²) in [7, 11) is 0. The Morgan fingerprint density at radius 3 is 2.15 bits per heavy atom. The molecule has 0 radical (unpaired) electrons. The van der Waals surface area contributed by atoms with Crippen LogP contribution in [0.1, 0.15) is 38.3 Å². The van der Waals surface area contributed by atoms with Crippen LogP contribution in [0.25, 0.3) is 0 Å². The van der Waals surface area contributed by atoms with Crippen molar-refractivity contribution in [3.05, 3.63) is 76.9 Å². The van der Waals surface area contributed by atoms with Gasteiger partial charge in [0.1, 0.15) is 0 Å². The zero-order chi connectivity index (χ0) is 23.7. The van der Waals surface area contributed by atoms with E-state index in [-0.39, 0.29) is 53.4 Å². The molecule has 0 aromatic heterocycles. The third-order valence-electron chi connectivity index (χ3n) is 8.05. The highest BCUT2D eigenvalue weighted by molar-refractivity contribution is 6.22. The van der Waals surface area contributed by atoms with Gasteiger partial charge < -0.3 is 4.74 Å². The minimum Gasteiger partial charge on any atom is -0.454 e. The quantitative estimate of drug-likeness (QED) is 0.296. The smallest absolute Gasteiger partial charge is 0.338 e. The highest BCUT2D eigenvalue weighted by Gasteiger charge is 2.67. The molecule has 0 unspecified atom stereocenters. The van der Waals surface area contributed by atoms with Gasteiger partial charge in [-0.2, -0.15) is 0 Å². The molecule has 2 saturated carbocycles. The van der Waals surface area contributed by atoms with E-state index < -0.39 is 5.97 Å². The second-order valence-electron chi connectivity index (χ2n) is 10.0. The molecule has 6 heteroatoms. The largest absolute Gasteiger partial charge is 0.454 e. The number of aryl methyl sites for hydroxylation is 2. The predicted octanol–water partition coefficient (Wildman–Crippen LogP) is 3.90. The maximum atomic E-state index is 13.2. The number of rotatable bonds is 5. The average Bonchev–Trinajstić information content (AvgIpc) is 3.62. The zero-order valence-corrected chi connectivity index (χ0v) is 19.1. The van der Waals surface area contributed by atoms with Crippen LogP contribution in [0.5, 0.6) is 0 Å². The Kier molecular flexibility index (Phi) is 4.63. The molecular formula is C28H25NO5. The molecule has 0 spiro atoms. The van der Waals surface area contributed by atoms with Crippen LogP contribution >= 0.6 is 0 Å². The molecule has 5 aliphatic rings. The summed E-state index contributed by atoms with van der Waals surface area (Å²) in [5, 5.41) is 0. The first-order valence-electron chi connectivity index (χ1n) is 11.8. The Balaban J connectivity index is 1.14. The normalized spacial score (nSPS) is 30.2. The second-order valence-corrected chi connectivity index (χ2v) is 10.0. The number of hydrogen-bond acceptors (Lipinski definition) is 5. The van der Waals surface area contributed by atoms with Crippen molar-refractivity contribution in [2.45, 2.75) is 20.3 Å². The number of benzene rings is 2. The van der Waals surface area contributed by atoms with Gasteiger partial charge in [0.15, 0.2) is 6.61 Å². The van der Waals surface area contributed by atoms with Crippen molar-refractivity contribution in [3.63, 3.8) is 0 Å². The summed E-state index contributed by atoms with van der Waals surface area (Å²) in [4.78, 5) is 52.8. The number of nitrogens with zero attached hydrogens (tertiary/aromatic N) is 1. The maximum absolute atomic E-state index is 13.2. The van der Waals surface area contributed by atoms with Crippen LogP contribution in [-0.4, -0.2) is 30.2 Å². The fourth-order valence-corrected chi connectivity index (χ4v) is 6.29. The predicted molar refractivity (Wildman–Crippen MR) is 124 cm³/mol. The summed E-state index contributed by atoms with van der Waals surface area (Å²) in [5.74, 6) is -0.214. The van der Waals surface area contributed by atoms with Gasteiger partial charge in [0.2, 0.25) is 17.6 Å². The molecular weight excluding hydrogens is 430 g/mol. The van der Waals surface area contributed by atoms with Crippen LogP contribution in [0.4, 0.5) is 5.69 Å². The number of carbonyl (C=O) groups is 4. The van der Waals surface area contributed by atoms with Gasteiger partial charge in [0, 0.05) is 5.56 Å². The number of Topliss-reactive ketones (excluding diaryl/α,β-unsaturated/α-hetero) is 1. The lowest BCUT2D eigenvalue weighted by atomic mass is 9.63. The summed E-state index contributed by atoms with van der Waals surface area (Å²) in [6.07, 6.45) is 5.42. The lowest BCUT2D eigenvalue weighted by molar-refractivity contribution is -0.124. The summed E-state index contributed by atoms with van der Waals surface area (Å²) in [6, 6.07) is 11.9. The molecule has 0 N–H and O–H groups in total. The summed E-state index contributed by atoms with van der Waals surface area (Å²) in [5.41, 5.74) is 3.06. The molecule has 34 heavy (non-hydrogen) atoms. The van der Waals surface area contributed by atoms with Gasteiger partial charge in [-0.1, -0.05) is 29.8 Å². The standard InChI is InChI=1S/C28H25NO5/c1-14-3-4-15(2)20(11-14)23(30)13-34-28(33)16-5-7-17(8-6-16)29-26(31)24-18-9-10-19(22-12-21(18)22)25(24)27(29)32/h3-11,18-19,21-22,24-25H,12-13H2,1-2H3/t18-,19-,21-,22-,24+,25+/m1/s1. The number of allylic oxidation sites excluding steroid dienone is 2. The van der Waals surface area contributed by atoms with E-state index in [9.17, 15) is 19.2 Å². The number of carbonyl (C=O) groups excluding carboxylic acids is 4. The van der Waals surface area contributed by atoms with Gasteiger partial charge in [0.25, 0.3) is 0 Å². The van der Waals surface area contributed by atoms with Crippen molar-refractivity contribution in [1.82, 2.24) is 0 Å². The number of ketones is 1. The van der Waals surface area contributed by atoms with E-state index >= 15 is 0 Å². The van der Waals surface area contributed by atoms with Gasteiger partial charge in [-0.15, -0.1) is 0 Å². The number of ether oxygens (including phenoxy) is 1. The molecule has 7 rings (SSSR count). The van der Waals surface area contributed by atoms with Crippen molar-refractivity contribution in [2.75, 3.05) is 11.5 Å². The highest BCUT2D eigenvalue weighted by Crippen LogP contribution is 2.65. The van der Waals surface area contributed by atoms with E-state index in [0.717, 1.165) is 17.5 Å². The molecule has 2 aromatic carbocycles. The van der Waals surface area contributed by atoms with Gasteiger partial charge in [-0.05, 0) is 79.8 Å². The Hall–Kier alpha value is -3.54. The highest BCUT2D eigenvalue weighted by atomic mass is 16.5. The first-order chi connectivity index (χ1) is 16.3. The molecule has 6 atom stereocenters. The molecule has 2 bridgehead atoms. The molecule has 1 heterocycles. The molecule has 3 fully saturated rings. The van der Waals surface area contributed by atoms with E-state index in [2.05, 4.69) is 12.2 Å². The molecule has 2 aromatic rings. The van der Waals surface area contributed by atoms with Crippen LogP contribution in [0.2, 0.25) is 0 Å².